The second-order valence-corrected chi connectivity index (χ2v) is 7.41. The summed E-state index contributed by atoms with van der Waals surface area (Å²) in [4.78, 5) is 40.8. The van der Waals surface area contributed by atoms with Crippen LogP contribution < -0.4 is 14.8 Å². The molecule has 4 rings (SSSR count). The predicted octanol–water partition coefficient (Wildman–Crippen LogP) is 2.38. The first kappa shape index (κ1) is 21.5. The van der Waals surface area contributed by atoms with Crippen molar-refractivity contribution in [3.05, 3.63) is 54.1 Å². The molecular formula is C23H25N3O6. The number of hydrogen-bond donors (Lipinski definition) is 1. The number of carbonyl (C=O) groups is 3. The number of nitrogens with one attached hydrogen (secondary N) is 1. The fourth-order valence-electron chi connectivity index (χ4n) is 3.67. The van der Waals surface area contributed by atoms with Crippen molar-refractivity contribution in [1.29, 1.82) is 0 Å². The predicted molar refractivity (Wildman–Crippen MR) is 116 cm³/mol. The van der Waals surface area contributed by atoms with Gasteiger partial charge in [-0.05, 0) is 37.3 Å². The molecule has 2 aliphatic rings. The van der Waals surface area contributed by atoms with Gasteiger partial charge < -0.3 is 24.0 Å². The summed E-state index contributed by atoms with van der Waals surface area (Å²) in [6, 6.07) is 14.0. The highest BCUT2D eigenvalue weighted by molar-refractivity contribution is 5.96. The van der Waals surface area contributed by atoms with Gasteiger partial charge >= 0.3 is 6.09 Å². The largest absolute Gasteiger partial charge is 0.485 e. The SMILES string of the molecule is CCOC(=O)Nc1cccc(C(=O)N2CCN(C(=O)C3COc4ccccc4O3)CC2)c1. The van der Waals surface area contributed by atoms with E-state index >= 15 is 0 Å². The topological polar surface area (TPSA) is 97.4 Å². The molecule has 9 nitrogen and oxygen atoms in total. The quantitative estimate of drug-likeness (QED) is 0.786. The second kappa shape index (κ2) is 9.59. The van der Waals surface area contributed by atoms with Gasteiger partial charge in [-0.1, -0.05) is 18.2 Å². The average molecular weight is 439 g/mol. The van der Waals surface area contributed by atoms with Crippen LogP contribution in [-0.2, 0) is 9.53 Å². The van der Waals surface area contributed by atoms with Crippen LogP contribution in [-0.4, -0.2) is 73.2 Å². The summed E-state index contributed by atoms with van der Waals surface area (Å²) in [6.45, 7) is 3.78. The minimum Gasteiger partial charge on any atom is -0.485 e. The summed E-state index contributed by atoms with van der Waals surface area (Å²) in [5.74, 6) is 0.886. The molecule has 3 amide bonds. The van der Waals surface area contributed by atoms with Crippen LogP contribution >= 0.6 is 0 Å². The Balaban J connectivity index is 1.32. The molecule has 2 aromatic rings. The van der Waals surface area contributed by atoms with Gasteiger partial charge in [0.1, 0.15) is 6.61 Å². The van der Waals surface area contributed by atoms with Crippen molar-refractivity contribution in [2.24, 2.45) is 0 Å². The van der Waals surface area contributed by atoms with Gasteiger partial charge in [-0.25, -0.2) is 4.79 Å². The lowest BCUT2D eigenvalue weighted by molar-refractivity contribution is -0.142. The molecule has 0 bridgehead atoms. The maximum absolute atomic E-state index is 12.9. The minimum atomic E-state index is -0.696. The number of ether oxygens (including phenoxy) is 3. The second-order valence-electron chi connectivity index (χ2n) is 7.41. The third-order valence-electron chi connectivity index (χ3n) is 5.29. The Morgan fingerprint density at radius 1 is 1.00 bits per heavy atom. The third kappa shape index (κ3) is 4.77. The van der Waals surface area contributed by atoms with E-state index in [1.807, 2.05) is 12.1 Å². The standard InChI is InChI=1S/C23H25N3O6/c1-2-30-23(29)24-17-7-5-6-16(14-17)21(27)25-10-12-26(13-11-25)22(28)20-15-31-18-8-3-4-9-19(18)32-20/h3-9,14,20H,2,10-13,15H2,1H3,(H,24,29). The number of rotatable bonds is 4. The first-order chi connectivity index (χ1) is 15.5. The van der Waals surface area contributed by atoms with Gasteiger partial charge in [0.2, 0.25) is 6.10 Å². The highest BCUT2D eigenvalue weighted by Crippen LogP contribution is 2.31. The molecule has 168 valence electrons. The Morgan fingerprint density at radius 3 is 2.47 bits per heavy atom. The molecule has 9 heteroatoms. The van der Waals surface area contributed by atoms with Gasteiger partial charge in [-0.2, -0.15) is 0 Å². The van der Waals surface area contributed by atoms with Gasteiger partial charge in [-0.15, -0.1) is 0 Å². The van der Waals surface area contributed by atoms with Crippen molar-refractivity contribution in [1.82, 2.24) is 9.80 Å². The third-order valence-corrected chi connectivity index (χ3v) is 5.29. The summed E-state index contributed by atoms with van der Waals surface area (Å²) in [7, 11) is 0. The van der Waals surface area contributed by atoms with E-state index in [0.717, 1.165) is 0 Å². The Morgan fingerprint density at radius 2 is 1.72 bits per heavy atom. The fourth-order valence-corrected chi connectivity index (χ4v) is 3.67. The van der Waals surface area contributed by atoms with E-state index in [2.05, 4.69) is 5.32 Å². The van der Waals surface area contributed by atoms with E-state index in [9.17, 15) is 14.4 Å². The Bertz CT molecular complexity index is 1000. The van der Waals surface area contributed by atoms with Crippen LogP contribution in [0.3, 0.4) is 0 Å². The summed E-state index contributed by atoms with van der Waals surface area (Å²) >= 11 is 0. The van der Waals surface area contributed by atoms with E-state index in [1.54, 1.807) is 53.1 Å². The van der Waals surface area contributed by atoms with Crippen LogP contribution in [0.4, 0.5) is 10.5 Å². The zero-order valence-electron chi connectivity index (χ0n) is 17.8. The maximum atomic E-state index is 12.9. The molecule has 1 saturated heterocycles. The van der Waals surface area contributed by atoms with Crippen LogP contribution in [0.1, 0.15) is 17.3 Å². The van der Waals surface area contributed by atoms with Crippen LogP contribution in [0.2, 0.25) is 0 Å². The lowest BCUT2D eigenvalue weighted by Crippen LogP contribution is -2.55. The zero-order valence-corrected chi connectivity index (χ0v) is 17.8. The molecule has 1 fully saturated rings. The van der Waals surface area contributed by atoms with Crippen LogP contribution in [0.15, 0.2) is 48.5 Å². The smallest absolute Gasteiger partial charge is 0.411 e. The molecule has 1 atom stereocenters. The van der Waals surface area contributed by atoms with Crippen molar-refractivity contribution in [3.8, 4) is 11.5 Å². The number of para-hydroxylation sites is 2. The number of amides is 3. The van der Waals surface area contributed by atoms with E-state index in [4.69, 9.17) is 14.2 Å². The van der Waals surface area contributed by atoms with Crippen molar-refractivity contribution in [3.63, 3.8) is 0 Å². The molecule has 2 aromatic carbocycles. The number of carbonyl (C=O) groups excluding carboxylic acids is 3. The van der Waals surface area contributed by atoms with Crippen molar-refractivity contribution < 1.29 is 28.6 Å². The monoisotopic (exact) mass is 439 g/mol. The Kier molecular flexibility index (Phi) is 6.44. The molecule has 0 aromatic heterocycles. The molecule has 0 spiro atoms. The summed E-state index contributed by atoms with van der Waals surface area (Å²) in [5, 5.41) is 2.60. The van der Waals surface area contributed by atoms with Gasteiger partial charge in [0.15, 0.2) is 11.5 Å². The van der Waals surface area contributed by atoms with Crippen LogP contribution in [0.5, 0.6) is 11.5 Å². The van der Waals surface area contributed by atoms with E-state index in [0.29, 0.717) is 48.9 Å². The van der Waals surface area contributed by atoms with E-state index in [-0.39, 0.29) is 25.0 Å². The van der Waals surface area contributed by atoms with Gasteiger partial charge in [0.25, 0.3) is 11.8 Å². The lowest BCUT2D eigenvalue weighted by Gasteiger charge is -2.37. The first-order valence-electron chi connectivity index (χ1n) is 10.6. The van der Waals surface area contributed by atoms with Crippen LogP contribution in [0, 0.1) is 0 Å². The van der Waals surface area contributed by atoms with Crippen molar-refractivity contribution in [2.75, 3.05) is 44.7 Å². The molecule has 0 aliphatic carbocycles. The molecule has 1 unspecified atom stereocenters. The maximum Gasteiger partial charge on any atom is 0.411 e. The number of piperazine rings is 1. The highest BCUT2D eigenvalue weighted by atomic mass is 16.6. The first-order valence-corrected chi connectivity index (χ1v) is 10.6. The number of nitrogens with zero attached hydrogens (tertiary/aromatic N) is 2. The number of hydrogen-bond acceptors (Lipinski definition) is 6. The molecule has 2 heterocycles. The Labute approximate surface area is 185 Å². The normalized spacial score (nSPS) is 17.5. The highest BCUT2D eigenvalue weighted by Gasteiger charge is 2.33. The van der Waals surface area contributed by atoms with Gasteiger partial charge in [0, 0.05) is 37.4 Å². The minimum absolute atomic E-state index is 0.146. The summed E-state index contributed by atoms with van der Waals surface area (Å²) < 4.78 is 16.3. The number of fused-ring (bicyclic) bond motifs is 1. The summed E-state index contributed by atoms with van der Waals surface area (Å²) in [6.07, 6.45) is -1.27. The van der Waals surface area contributed by atoms with Crippen molar-refractivity contribution in [2.45, 2.75) is 13.0 Å². The van der Waals surface area contributed by atoms with E-state index in [1.165, 1.54) is 0 Å². The average Bonchev–Trinajstić information content (AvgIpc) is 2.83. The summed E-state index contributed by atoms with van der Waals surface area (Å²) in [5.41, 5.74) is 0.942. The van der Waals surface area contributed by atoms with E-state index < -0.39 is 12.2 Å². The van der Waals surface area contributed by atoms with Gasteiger partial charge in [0.05, 0.1) is 6.61 Å². The molecule has 0 radical (unpaired) electrons. The number of benzene rings is 2. The lowest BCUT2D eigenvalue weighted by atomic mass is 10.1. The van der Waals surface area contributed by atoms with Crippen LogP contribution in [0.25, 0.3) is 0 Å². The van der Waals surface area contributed by atoms with Crippen molar-refractivity contribution >= 4 is 23.6 Å². The zero-order chi connectivity index (χ0) is 22.5. The molecule has 2 aliphatic heterocycles. The fraction of sp³-hybridized carbons (Fsp3) is 0.348. The van der Waals surface area contributed by atoms with Gasteiger partial charge in [-0.3, -0.25) is 14.9 Å². The molecule has 32 heavy (non-hydrogen) atoms. The number of anilines is 1. The Hall–Kier alpha value is -3.75. The molecule has 1 N–H and O–H groups in total. The molecule has 0 saturated carbocycles. The molecular weight excluding hydrogens is 414 g/mol.